The van der Waals surface area contributed by atoms with Gasteiger partial charge in [-0.3, -0.25) is 4.57 Å². The van der Waals surface area contributed by atoms with Crippen molar-refractivity contribution in [3.8, 4) is 0 Å². The molecule has 0 bridgehead atoms. The molecular weight excluding hydrogens is 471 g/mol. The number of rotatable bonds is 14. The van der Waals surface area contributed by atoms with Crippen LogP contribution < -0.4 is 4.89 Å². The van der Waals surface area contributed by atoms with Gasteiger partial charge in [-0.15, -0.1) is 0 Å². The molecule has 0 rings (SSSR count). The first kappa shape index (κ1) is 25.0. The van der Waals surface area contributed by atoms with Gasteiger partial charge in [-0.05, 0) is 24.7 Å². The number of hydrogen-bond acceptors (Lipinski definition) is 4. The Bertz CT molecular complexity index is 265. The van der Waals surface area contributed by atoms with Crippen molar-refractivity contribution >= 4 is 7.82 Å². The first-order valence-electron chi connectivity index (χ1n) is 8.59. The third kappa shape index (κ3) is 13.3. The predicted octanol–water partition coefficient (Wildman–Crippen LogP) is 4.92. The van der Waals surface area contributed by atoms with Gasteiger partial charge in [0.15, 0.2) is 0 Å². The van der Waals surface area contributed by atoms with Gasteiger partial charge in [0.05, 0.1) is 13.2 Å². The van der Waals surface area contributed by atoms with E-state index in [9.17, 15) is 9.46 Å². The summed E-state index contributed by atoms with van der Waals surface area (Å²) >= 11 is 0. The standard InChI is InChI=1S/C16H35O4P.W/c1-5-9-11-15(7-3)13-19-21(17,18)20-14-16(8-4)12-10-6-2;/h15-16H,5-14H2,1-4H3,(H,17,18);/p-1. The van der Waals surface area contributed by atoms with Crippen LogP contribution in [0.2, 0.25) is 0 Å². The molecule has 0 aliphatic carbocycles. The van der Waals surface area contributed by atoms with Crippen molar-refractivity contribution in [1.29, 1.82) is 0 Å². The third-order valence-corrected chi connectivity index (χ3v) is 4.95. The summed E-state index contributed by atoms with van der Waals surface area (Å²) in [7, 11) is -4.14. The molecule has 22 heavy (non-hydrogen) atoms. The van der Waals surface area contributed by atoms with Gasteiger partial charge in [-0.1, -0.05) is 66.2 Å². The van der Waals surface area contributed by atoms with Gasteiger partial charge < -0.3 is 13.9 Å². The largest absolute Gasteiger partial charge is 0.756 e. The van der Waals surface area contributed by atoms with Crippen LogP contribution in [-0.4, -0.2) is 13.2 Å². The summed E-state index contributed by atoms with van der Waals surface area (Å²) in [6, 6.07) is 0. The smallest absolute Gasteiger partial charge is 0.267 e. The van der Waals surface area contributed by atoms with Crippen molar-refractivity contribution in [2.75, 3.05) is 13.2 Å². The average molecular weight is 505 g/mol. The molecule has 0 saturated heterocycles. The van der Waals surface area contributed by atoms with Crippen molar-refractivity contribution in [3.05, 3.63) is 0 Å². The summed E-state index contributed by atoms with van der Waals surface area (Å²) < 4.78 is 21.9. The van der Waals surface area contributed by atoms with E-state index in [1.54, 1.807) is 0 Å². The molecule has 4 nitrogen and oxygen atoms in total. The number of unbranched alkanes of at least 4 members (excludes halogenated alkanes) is 2. The van der Waals surface area contributed by atoms with Gasteiger partial charge in [0.25, 0.3) is 7.82 Å². The van der Waals surface area contributed by atoms with Gasteiger partial charge in [0, 0.05) is 21.1 Å². The quantitative estimate of drug-likeness (QED) is 0.315. The van der Waals surface area contributed by atoms with Crippen LogP contribution in [-0.2, 0) is 34.7 Å². The monoisotopic (exact) mass is 505 g/mol. The van der Waals surface area contributed by atoms with E-state index in [4.69, 9.17) is 9.05 Å². The van der Waals surface area contributed by atoms with Crippen LogP contribution in [0.3, 0.4) is 0 Å². The fourth-order valence-electron chi connectivity index (χ4n) is 2.23. The molecule has 0 aromatic carbocycles. The molecule has 6 heteroatoms. The zero-order chi connectivity index (χ0) is 16.1. The Kier molecular flexibility index (Phi) is 17.5. The molecule has 0 N–H and O–H groups in total. The van der Waals surface area contributed by atoms with E-state index in [2.05, 4.69) is 27.7 Å². The van der Waals surface area contributed by atoms with Crippen LogP contribution in [0.4, 0.5) is 0 Å². The van der Waals surface area contributed by atoms with E-state index < -0.39 is 7.82 Å². The summed E-state index contributed by atoms with van der Waals surface area (Å²) in [6.45, 7) is 8.91. The minimum Gasteiger partial charge on any atom is -0.756 e. The second-order valence-corrected chi connectivity index (χ2v) is 7.28. The van der Waals surface area contributed by atoms with E-state index in [1.807, 2.05) is 0 Å². The summed E-state index contributed by atoms with van der Waals surface area (Å²) in [5.41, 5.74) is 0. The van der Waals surface area contributed by atoms with E-state index in [0.717, 1.165) is 51.4 Å². The first-order valence-corrected chi connectivity index (χ1v) is 10.0. The summed E-state index contributed by atoms with van der Waals surface area (Å²) in [4.78, 5) is 11.8. The average Bonchev–Trinajstić information content (AvgIpc) is 2.47. The molecule has 0 aromatic heterocycles. The first-order chi connectivity index (χ1) is 9.99. The fourth-order valence-corrected chi connectivity index (χ4v) is 3.09. The topological polar surface area (TPSA) is 58.6 Å². The van der Waals surface area contributed by atoms with Gasteiger partial charge in [-0.25, -0.2) is 0 Å². The van der Waals surface area contributed by atoms with Crippen molar-refractivity contribution < 1.29 is 39.6 Å². The predicted molar refractivity (Wildman–Crippen MR) is 86.1 cm³/mol. The fraction of sp³-hybridized carbons (Fsp3) is 1.00. The van der Waals surface area contributed by atoms with Gasteiger partial charge in [-0.2, -0.15) is 0 Å². The molecule has 0 fully saturated rings. The molecule has 0 aliphatic rings. The van der Waals surface area contributed by atoms with Gasteiger partial charge in [0.1, 0.15) is 0 Å². The molecule has 0 radical (unpaired) electrons. The minimum atomic E-state index is -4.14. The second kappa shape index (κ2) is 15.3. The molecule has 0 saturated carbocycles. The zero-order valence-electron chi connectivity index (χ0n) is 14.7. The van der Waals surface area contributed by atoms with Crippen molar-refractivity contribution in [3.63, 3.8) is 0 Å². The summed E-state index contributed by atoms with van der Waals surface area (Å²) in [5, 5.41) is 0. The van der Waals surface area contributed by atoms with Gasteiger partial charge in [0.2, 0.25) is 0 Å². The molecule has 2 unspecified atom stereocenters. The molecule has 0 aliphatic heterocycles. The normalized spacial score (nSPS) is 16.6. The van der Waals surface area contributed by atoms with E-state index >= 15 is 0 Å². The Morgan fingerprint density at radius 2 is 1.23 bits per heavy atom. The Labute approximate surface area is 151 Å². The van der Waals surface area contributed by atoms with E-state index in [-0.39, 0.29) is 34.3 Å². The molecule has 0 spiro atoms. The number of phosphoric ester groups is 1. The Balaban J connectivity index is 0. The Hall–Kier alpha value is 0.798. The van der Waals surface area contributed by atoms with Crippen LogP contribution in [0.25, 0.3) is 0 Å². The zero-order valence-corrected chi connectivity index (χ0v) is 18.5. The van der Waals surface area contributed by atoms with Gasteiger partial charge >= 0.3 is 0 Å². The van der Waals surface area contributed by atoms with Crippen LogP contribution >= 0.6 is 7.82 Å². The SMILES string of the molecule is CCCCC(CC)COP(=O)([O-])OCC(CC)CCCC.[W]. The van der Waals surface area contributed by atoms with E-state index in [1.165, 1.54) is 0 Å². The van der Waals surface area contributed by atoms with Crippen molar-refractivity contribution in [2.45, 2.75) is 79.1 Å². The molecule has 134 valence electrons. The second-order valence-electron chi connectivity index (χ2n) is 5.87. The Morgan fingerprint density at radius 3 is 1.50 bits per heavy atom. The van der Waals surface area contributed by atoms with Crippen LogP contribution in [0.5, 0.6) is 0 Å². The van der Waals surface area contributed by atoms with Crippen molar-refractivity contribution in [1.82, 2.24) is 0 Å². The number of hydrogen-bond donors (Lipinski definition) is 0. The molecule has 2 atom stereocenters. The summed E-state index contributed by atoms with van der Waals surface area (Å²) in [5.74, 6) is 0.607. The minimum absolute atomic E-state index is 0. The van der Waals surface area contributed by atoms with Crippen molar-refractivity contribution in [2.24, 2.45) is 11.8 Å². The Morgan fingerprint density at radius 1 is 0.864 bits per heavy atom. The maximum atomic E-state index is 11.8. The molecular formula is C16H34O4PW-. The van der Waals surface area contributed by atoms with Crippen LogP contribution in [0, 0.1) is 11.8 Å². The van der Waals surface area contributed by atoms with Crippen LogP contribution in [0.1, 0.15) is 79.1 Å². The maximum absolute atomic E-state index is 11.8. The molecule has 0 amide bonds. The number of phosphoric acid groups is 1. The third-order valence-electron chi connectivity index (χ3n) is 4.02. The summed E-state index contributed by atoms with van der Waals surface area (Å²) in [6.07, 6.45) is 8.38. The van der Waals surface area contributed by atoms with E-state index in [0.29, 0.717) is 11.8 Å². The molecule has 0 heterocycles. The molecule has 0 aromatic rings. The van der Waals surface area contributed by atoms with Crippen LogP contribution in [0.15, 0.2) is 0 Å². The maximum Gasteiger partial charge on any atom is 0.267 e.